The Hall–Kier alpha value is -2.34. The zero-order valence-corrected chi connectivity index (χ0v) is 12.7. The van der Waals surface area contributed by atoms with E-state index in [4.69, 9.17) is 5.73 Å². The molecular formula is C15H14BrN3O2. The molecule has 0 aromatic heterocycles. The Bertz CT molecular complexity index is 656. The minimum atomic E-state index is -0.645. The molecule has 4 N–H and O–H groups in total. The SMILES string of the molecule is NC(=O)Nc1cccc(NC(=O)Cc2ccc(Br)cc2)c1. The van der Waals surface area contributed by atoms with Crippen LogP contribution >= 0.6 is 15.9 Å². The molecule has 0 radical (unpaired) electrons. The molecule has 0 aliphatic rings. The molecule has 5 nitrogen and oxygen atoms in total. The van der Waals surface area contributed by atoms with Crippen molar-refractivity contribution >= 4 is 39.2 Å². The van der Waals surface area contributed by atoms with Crippen molar-refractivity contribution in [2.24, 2.45) is 5.73 Å². The largest absolute Gasteiger partial charge is 0.351 e. The molecule has 108 valence electrons. The number of hydrogen-bond donors (Lipinski definition) is 3. The van der Waals surface area contributed by atoms with Crippen LogP contribution in [0.25, 0.3) is 0 Å². The monoisotopic (exact) mass is 347 g/mol. The quantitative estimate of drug-likeness (QED) is 0.793. The molecule has 6 heteroatoms. The zero-order valence-electron chi connectivity index (χ0n) is 11.1. The van der Waals surface area contributed by atoms with E-state index in [2.05, 4.69) is 26.6 Å². The zero-order chi connectivity index (χ0) is 15.2. The van der Waals surface area contributed by atoms with Crippen molar-refractivity contribution in [3.05, 3.63) is 58.6 Å². The van der Waals surface area contributed by atoms with Gasteiger partial charge in [-0.2, -0.15) is 0 Å². The van der Waals surface area contributed by atoms with Crippen LogP contribution in [0.3, 0.4) is 0 Å². The average Bonchev–Trinajstić information content (AvgIpc) is 2.41. The molecule has 0 bridgehead atoms. The van der Waals surface area contributed by atoms with Gasteiger partial charge in [-0.3, -0.25) is 4.79 Å². The molecule has 0 atom stereocenters. The van der Waals surface area contributed by atoms with Gasteiger partial charge in [0.1, 0.15) is 0 Å². The summed E-state index contributed by atoms with van der Waals surface area (Å²) in [7, 11) is 0. The lowest BCUT2D eigenvalue weighted by molar-refractivity contribution is -0.115. The van der Waals surface area contributed by atoms with Gasteiger partial charge >= 0.3 is 6.03 Å². The summed E-state index contributed by atoms with van der Waals surface area (Å²) >= 11 is 3.35. The smallest absolute Gasteiger partial charge is 0.316 e. The second kappa shape index (κ2) is 6.90. The number of nitrogens with two attached hydrogens (primary N) is 1. The number of primary amides is 1. The number of urea groups is 1. The summed E-state index contributed by atoms with van der Waals surface area (Å²) in [6.07, 6.45) is 0.279. The van der Waals surface area contributed by atoms with E-state index in [1.165, 1.54) is 0 Å². The summed E-state index contributed by atoms with van der Waals surface area (Å²) in [6, 6.07) is 13.7. The lowest BCUT2D eigenvalue weighted by atomic mass is 10.1. The van der Waals surface area contributed by atoms with Crippen molar-refractivity contribution in [3.63, 3.8) is 0 Å². The summed E-state index contributed by atoms with van der Waals surface area (Å²) in [4.78, 5) is 22.8. The summed E-state index contributed by atoms with van der Waals surface area (Å²) in [6.45, 7) is 0. The molecular weight excluding hydrogens is 334 g/mol. The maximum absolute atomic E-state index is 12.0. The third-order valence-corrected chi connectivity index (χ3v) is 3.22. The molecule has 2 rings (SSSR count). The van der Waals surface area contributed by atoms with Gasteiger partial charge in [0.2, 0.25) is 5.91 Å². The number of halogens is 1. The number of carbonyl (C=O) groups excluding carboxylic acids is 2. The molecule has 2 aromatic carbocycles. The molecule has 0 unspecified atom stereocenters. The van der Waals surface area contributed by atoms with E-state index < -0.39 is 6.03 Å². The van der Waals surface area contributed by atoms with Gasteiger partial charge in [-0.05, 0) is 35.9 Å². The van der Waals surface area contributed by atoms with Gasteiger partial charge in [-0.15, -0.1) is 0 Å². The number of benzene rings is 2. The Balaban J connectivity index is 1.99. The number of hydrogen-bond acceptors (Lipinski definition) is 2. The second-order valence-electron chi connectivity index (χ2n) is 4.42. The molecule has 2 aromatic rings. The van der Waals surface area contributed by atoms with Crippen LogP contribution in [0.1, 0.15) is 5.56 Å². The first-order valence-corrected chi connectivity index (χ1v) is 7.03. The molecule has 0 spiro atoms. The van der Waals surface area contributed by atoms with Gasteiger partial charge in [0.05, 0.1) is 6.42 Å². The summed E-state index contributed by atoms with van der Waals surface area (Å²) < 4.78 is 0.969. The molecule has 0 fully saturated rings. The Labute approximate surface area is 130 Å². The van der Waals surface area contributed by atoms with E-state index in [0.29, 0.717) is 11.4 Å². The van der Waals surface area contributed by atoms with Crippen molar-refractivity contribution < 1.29 is 9.59 Å². The predicted molar refractivity (Wildman–Crippen MR) is 86.1 cm³/mol. The first kappa shape index (κ1) is 15.1. The van der Waals surface area contributed by atoms with Crippen LogP contribution in [0.2, 0.25) is 0 Å². The van der Waals surface area contributed by atoms with Crippen molar-refractivity contribution in [1.29, 1.82) is 0 Å². The van der Waals surface area contributed by atoms with Gasteiger partial charge in [-0.1, -0.05) is 34.1 Å². The van der Waals surface area contributed by atoms with Gasteiger partial charge < -0.3 is 16.4 Å². The molecule has 0 saturated carbocycles. The van der Waals surface area contributed by atoms with E-state index in [0.717, 1.165) is 10.0 Å². The van der Waals surface area contributed by atoms with Gasteiger partial charge in [0.15, 0.2) is 0 Å². The Morgan fingerprint density at radius 1 is 1.00 bits per heavy atom. The highest BCUT2D eigenvalue weighted by Crippen LogP contribution is 2.16. The molecule has 0 heterocycles. The first-order valence-electron chi connectivity index (χ1n) is 6.24. The maximum Gasteiger partial charge on any atom is 0.316 e. The number of carbonyl (C=O) groups is 2. The van der Waals surface area contributed by atoms with Gasteiger partial charge in [-0.25, -0.2) is 4.79 Å². The third-order valence-electron chi connectivity index (χ3n) is 2.69. The second-order valence-corrected chi connectivity index (χ2v) is 5.34. The number of amides is 3. The van der Waals surface area contributed by atoms with Crippen molar-refractivity contribution in [2.45, 2.75) is 6.42 Å². The fourth-order valence-electron chi connectivity index (χ4n) is 1.81. The Morgan fingerprint density at radius 3 is 2.24 bits per heavy atom. The van der Waals surface area contributed by atoms with E-state index in [9.17, 15) is 9.59 Å². The highest BCUT2D eigenvalue weighted by atomic mass is 79.9. The Morgan fingerprint density at radius 2 is 1.62 bits per heavy atom. The lowest BCUT2D eigenvalue weighted by Gasteiger charge is -2.08. The number of rotatable bonds is 4. The van der Waals surface area contributed by atoms with Crippen LogP contribution in [0, 0.1) is 0 Å². The predicted octanol–water partition coefficient (Wildman–Crippen LogP) is 3.12. The summed E-state index contributed by atoms with van der Waals surface area (Å²) in [5.41, 5.74) is 7.10. The highest BCUT2D eigenvalue weighted by Gasteiger charge is 2.05. The molecule has 0 aliphatic carbocycles. The fraction of sp³-hybridized carbons (Fsp3) is 0.0667. The van der Waals surface area contributed by atoms with E-state index in [1.807, 2.05) is 24.3 Å². The van der Waals surface area contributed by atoms with Crippen LogP contribution in [0.5, 0.6) is 0 Å². The van der Waals surface area contributed by atoms with Gasteiger partial charge in [0.25, 0.3) is 0 Å². The van der Waals surface area contributed by atoms with Crippen LogP contribution in [-0.2, 0) is 11.2 Å². The minimum Gasteiger partial charge on any atom is -0.351 e. The lowest BCUT2D eigenvalue weighted by Crippen LogP contribution is -2.19. The molecule has 0 saturated heterocycles. The average molecular weight is 348 g/mol. The fourth-order valence-corrected chi connectivity index (χ4v) is 2.07. The van der Waals surface area contributed by atoms with Crippen LogP contribution in [-0.4, -0.2) is 11.9 Å². The third kappa shape index (κ3) is 4.92. The van der Waals surface area contributed by atoms with Crippen molar-refractivity contribution in [3.8, 4) is 0 Å². The summed E-state index contributed by atoms with van der Waals surface area (Å²) in [5.74, 6) is -0.131. The normalized spacial score (nSPS) is 9.95. The van der Waals surface area contributed by atoms with E-state index in [1.54, 1.807) is 24.3 Å². The van der Waals surface area contributed by atoms with Gasteiger partial charge in [0, 0.05) is 15.8 Å². The molecule has 0 aliphatic heterocycles. The first-order chi connectivity index (χ1) is 10.0. The number of nitrogens with one attached hydrogen (secondary N) is 2. The summed E-state index contributed by atoms with van der Waals surface area (Å²) in [5, 5.41) is 5.23. The van der Waals surface area contributed by atoms with Crippen LogP contribution in [0.15, 0.2) is 53.0 Å². The van der Waals surface area contributed by atoms with Crippen molar-refractivity contribution in [1.82, 2.24) is 0 Å². The topological polar surface area (TPSA) is 84.2 Å². The van der Waals surface area contributed by atoms with Crippen LogP contribution < -0.4 is 16.4 Å². The Kier molecular flexibility index (Phi) is 4.94. The van der Waals surface area contributed by atoms with E-state index >= 15 is 0 Å². The molecule has 3 amide bonds. The standard InChI is InChI=1S/C15H14BrN3O2/c16-11-6-4-10(5-7-11)8-14(20)18-12-2-1-3-13(9-12)19-15(17)21/h1-7,9H,8H2,(H,18,20)(H3,17,19,21). The molecule has 21 heavy (non-hydrogen) atoms. The minimum absolute atomic E-state index is 0.131. The maximum atomic E-state index is 12.0. The van der Waals surface area contributed by atoms with Crippen LogP contribution in [0.4, 0.5) is 16.2 Å². The number of anilines is 2. The van der Waals surface area contributed by atoms with E-state index in [-0.39, 0.29) is 12.3 Å². The van der Waals surface area contributed by atoms with Crippen molar-refractivity contribution in [2.75, 3.05) is 10.6 Å². The highest BCUT2D eigenvalue weighted by molar-refractivity contribution is 9.10.